The van der Waals surface area contributed by atoms with Crippen LogP contribution in [0.4, 0.5) is 0 Å². The minimum absolute atomic E-state index is 0.148. The summed E-state index contributed by atoms with van der Waals surface area (Å²) >= 11 is 0. The maximum absolute atomic E-state index is 12.9. The number of rotatable bonds is 7. The molecule has 5 heteroatoms. The molecule has 1 amide bonds. The lowest BCUT2D eigenvalue weighted by molar-refractivity contribution is -0.129. The van der Waals surface area contributed by atoms with E-state index in [0.29, 0.717) is 13.1 Å². The van der Waals surface area contributed by atoms with Gasteiger partial charge in [-0.2, -0.15) is 0 Å². The van der Waals surface area contributed by atoms with Crippen LogP contribution in [0.1, 0.15) is 12.1 Å². The SMILES string of the molecule is O=C1C(NCc2cncn2CC2=CC=CC=CC=C2)CCN1CC1=CC=CC=CC=C1. The summed E-state index contributed by atoms with van der Waals surface area (Å²) in [6.45, 7) is 2.79. The zero-order valence-corrected chi connectivity index (χ0v) is 17.6. The van der Waals surface area contributed by atoms with Crippen molar-refractivity contribution >= 4 is 5.91 Å². The van der Waals surface area contributed by atoms with E-state index in [-0.39, 0.29) is 11.9 Å². The van der Waals surface area contributed by atoms with Crippen LogP contribution in [0.5, 0.6) is 0 Å². The highest BCUT2D eigenvalue weighted by Gasteiger charge is 2.31. The largest absolute Gasteiger partial charge is 0.337 e. The van der Waals surface area contributed by atoms with Crippen molar-refractivity contribution in [2.24, 2.45) is 0 Å². The van der Waals surface area contributed by atoms with Gasteiger partial charge in [-0.15, -0.1) is 0 Å². The number of amides is 1. The van der Waals surface area contributed by atoms with Gasteiger partial charge in [0.2, 0.25) is 5.91 Å². The average molecular weight is 413 g/mol. The summed E-state index contributed by atoms with van der Waals surface area (Å²) in [6.07, 6.45) is 33.1. The number of nitrogens with zero attached hydrogens (tertiary/aromatic N) is 3. The summed E-state index contributed by atoms with van der Waals surface area (Å²) in [5.41, 5.74) is 3.41. The molecule has 1 fully saturated rings. The first-order valence-electron chi connectivity index (χ1n) is 10.7. The number of carbonyl (C=O) groups excluding carboxylic acids is 1. The molecule has 1 aliphatic heterocycles. The Morgan fingerprint density at radius 2 is 1.52 bits per heavy atom. The second kappa shape index (κ2) is 10.5. The second-order valence-electron chi connectivity index (χ2n) is 7.74. The van der Waals surface area contributed by atoms with Crippen LogP contribution in [-0.2, 0) is 17.9 Å². The molecule has 3 aliphatic rings. The van der Waals surface area contributed by atoms with Crippen molar-refractivity contribution in [1.82, 2.24) is 19.8 Å². The third kappa shape index (κ3) is 5.80. The molecule has 2 aliphatic carbocycles. The molecule has 1 aromatic heterocycles. The minimum atomic E-state index is -0.148. The number of likely N-dealkylation sites (tertiary alicyclic amines) is 1. The first-order valence-corrected chi connectivity index (χ1v) is 10.7. The molecular formula is C26H28N4O. The van der Waals surface area contributed by atoms with E-state index >= 15 is 0 Å². The Morgan fingerprint density at radius 1 is 0.871 bits per heavy atom. The lowest BCUT2D eigenvalue weighted by Crippen LogP contribution is -2.38. The standard InChI is InChI=1S/C26H28N4O/c31-26-25(15-16-29(26)19-22-11-7-3-1-4-8-12-22)28-18-24-17-27-21-30(24)20-23-13-9-5-2-6-10-14-23/h1-14,17,21,25,28H,15-16,18-20H2. The average Bonchev–Trinajstić information content (AvgIpc) is 3.30. The Bertz CT molecular complexity index is 1030. The number of hydrogen-bond donors (Lipinski definition) is 1. The number of nitrogens with one attached hydrogen (secondary N) is 1. The van der Waals surface area contributed by atoms with Gasteiger partial charge in [-0.25, -0.2) is 4.98 Å². The van der Waals surface area contributed by atoms with Gasteiger partial charge in [-0.3, -0.25) is 4.79 Å². The summed E-state index contributed by atoms with van der Waals surface area (Å²) in [4.78, 5) is 19.1. The van der Waals surface area contributed by atoms with Crippen molar-refractivity contribution in [3.8, 4) is 0 Å². The number of carbonyl (C=O) groups is 1. The molecule has 1 unspecified atom stereocenters. The van der Waals surface area contributed by atoms with Gasteiger partial charge in [0.05, 0.1) is 18.1 Å². The quantitative estimate of drug-likeness (QED) is 0.741. The Kier molecular flexibility index (Phi) is 7.08. The summed E-state index contributed by atoms with van der Waals surface area (Å²) < 4.78 is 2.13. The van der Waals surface area contributed by atoms with Crippen molar-refractivity contribution in [3.05, 3.63) is 114 Å². The summed E-state index contributed by atoms with van der Waals surface area (Å²) in [7, 11) is 0. The summed E-state index contributed by atoms with van der Waals surface area (Å²) in [6, 6.07) is -0.148. The predicted octanol–water partition coefficient (Wildman–Crippen LogP) is 3.79. The van der Waals surface area contributed by atoms with E-state index in [0.717, 1.165) is 30.8 Å². The topological polar surface area (TPSA) is 50.2 Å². The van der Waals surface area contributed by atoms with Crippen molar-refractivity contribution in [3.63, 3.8) is 0 Å². The van der Waals surface area contributed by atoms with Crippen LogP contribution in [0, 0.1) is 0 Å². The summed E-state index contributed by atoms with van der Waals surface area (Å²) in [5.74, 6) is 0.171. The van der Waals surface area contributed by atoms with E-state index in [1.807, 2.05) is 78.2 Å². The Hall–Kier alpha value is -3.44. The number of imidazole rings is 1. The normalized spacial score (nSPS) is 20.5. The molecular weight excluding hydrogens is 384 g/mol. The highest BCUT2D eigenvalue weighted by Crippen LogP contribution is 2.16. The maximum atomic E-state index is 12.9. The van der Waals surface area contributed by atoms with Gasteiger partial charge in [-0.05, 0) is 17.6 Å². The van der Waals surface area contributed by atoms with E-state index in [2.05, 4.69) is 39.2 Å². The number of hydrogen-bond acceptors (Lipinski definition) is 3. The van der Waals surface area contributed by atoms with Gasteiger partial charge in [0.1, 0.15) is 0 Å². The van der Waals surface area contributed by atoms with Gasteiger partial charge in [-0.1, -0.05) is 85.1 Å². The van der Waals surface area contributed by atoms with Crippen LogP contribution < -0.4 is 5.32 Å². The minimum Gasteiger partial charge on any atom is -0.337 e. The summed E-state index contributed by atoms with van der Waals surface area (Å²) in [5, 5.41) is 3.45. The van der Waals surface area contributed by atoms with Crippen LogP contribution in [0.3, 0.4) is 0 Å². The van der Waals surface area contributed by atoms with E-state index in [9.17, 15) is 4.79 Å². The lowest BCUT2D eigenvalue weighted by atomic mass is 10.1. The van der Waals surface area contributed by atoms with Crippen molar-refractivity contribution < 1.29 is 4.79 Å². The molecule has 0 spiro atoms. The molecule has 158 valence electrons. The first-order chi connectivity index (χ1) is 15.3. The molecule has 1 saturated heterocycles. The molecule has 0 aromatic carbocycles. The third-order valence-corrected chi connectivity index (χ3v) is 5.48. The molecule has 5 nitrogen and oxygen atoms in total. The zero-order valence-electron chi connectivity index (χ0n) is 17.6. The Labute approximate surface area is 183 Å². The number of allylic oxidation sites excluding steroid dienone is 14. The van der Waals surface area contributed by atoms with Crippen LogP contribution in [0.15, 0.2) is 109 Å². The highest BCUT2D eigenvalue weighted by molar-refractivity contribution is 5.84. The van der Waals surface area contributed by atoms with E-state index in [4.69, 9.17) is 0 Å². The molecule has 4 rings (SSSR count). The monoisotopic (exact) mass is 412 g/mol. The van der Waals surface area contributed by atoms with Crippen LogP contribution in [0.25, 0.3) is 0 Å². The van der Waals surface area contributed by atoms with Gasteiger partial charge in [0.15, 0.2) is 0 Å². The fraction of sp³-hybridized carbons (Fsp3) is 0.231. The van der Waals surface area contributed by atoms with Crippen molar-refractivity contribution in [2.75, 3.05) is 13.1 Å². The molecule has 2 heterocycles. The molecule has 31 heavy (non-hydrogen) atoms. The van der Waals surface area contributed by atoms with Crippen LogP contribution >= 0.6 is 0 Å². The van der Waals surface area contributed by atoms with Gasteiger partial charge >= 0.3 is 0 Å². The Morgan fingerprint density at radius 3 is 2.26 bits per heavy atom. The highest BCUT2D eigenvalue weighted by atomic mass is 16.2. The predicted molar refractivity (Wildman–Crippen MR) is 125 cm³/mol. The Balaban J connectivity index is 1.32. The van der Waals surface area contributed by atoms with Gasteiger partial charge < -0.3 is 14.8 Å². The second-order valence-corrected chi connectivity index (χ2v) is 7.74. The van der Waals surface area contributed by atoms with Crippen LogP contribution in [0.2, 0.25) is 0 Å². The van der Waals surface area contributed by atoms with Crippen molar-refractivity contribution in [1.29, 1.82) is 0 Å². The molecule has 0 bridgehead atoms. The molecule has 0 radical (unpaired) electrons. The van der Waals surface area contributed by atoms with Crippen molar-refractivity contribution in [2.45, 2.75) is 25.6 Å². The van der Waals surface area contributed by atoms with Gasteiger partial charge in [0.25, 0.3) is 0 Å². The molecule has 1 atom stereocenters. The smallest absolute Gasteiger partial charge is 0.240 e. The first kappa shape index (κ1) is 20.8. The fourth-order valence-corrected chi connectivity index (χ4v) is 3.79. The molecule has 0 saturated carbocycles. The van der Waals surface area contributed by atoms with E-state index in [1.54, 1.807) is 0 Å². The maximum Gasteiger partial charge on any atom is 0.240 e. The lowest BCUT2D eigenvalue weighted by Gasteiger charge is -2.18. The fourth-order valence-electron chi connectivity index (χ4n) is 3.79. The molecule has 1 N–H and O–H groups in total. The van der Waals surface area contributed by atoms with E-state index in [1.165, 1.54) is 5.57 Å². The van der Waals surface area contributed by atoms with E-state index < -0.39 is 0 Å². The third-order valence-electron chi connectivity index (χ3n) is 5.48. The number of aromatic nitrogens is 2. The van der Waals surface area contributed by atoms with Gasteiger partial charge in [0, 0.05) is 32.4 Å². The van der Waals surface area contributed by atoms with Crippen LogP contribution in [-0.4, -0.2) is 39.5 Å². The molecule has 1 aromatic rings. The zero-order chi connectivity index (χ0) is 21.3.